The predicted molar refractivity (Wildman–Crippen MR) is 54.8 cm³/mol. The molecule has 0 aromatic heterocycles. The lowest BCUT2D eigenvalue weighted by Gasteiger charge is -1.99. The van der Waals surface area contributed by atoms with Gasteiger partial charge in [-0.3, -0.25) is 4.79 Å². The maximum absolute atomic E-state index is 11.6. The van der Waals surface area contributed by atoms with E-state index in [1.165, 1.54) is 0 Å². The van der Waals surface area contributed by atoms with Gasteiger partial charge in [0.05, 0.1) is 0 Å². The van der Waals surface area contributed by atoms with Gasteiger partial charge in [0, 0.05) is 12.0 Å². The van der Waals surface area contributed by atoms with E-state index < -0.39 is 0 Å². The summed E-state index contributed by atoms with van der Waals surface area (Å²) in [5.74, 6) is 0.191. The molecular formula is C12H14O. The number of rotatable bonds is 3. The highest BCUT2D eigenvalue weighted by Crippen LogP contribution is 2.08. The molecule has 1 aromatic rings. The van der Waals surface area contributed by atoms with Crippen molar-refractivity contribution in [1.29, 1.82) is 0 Å². The number of hydrogen-bond donors (Lipinski definition) is 0. The van der Waals surface area contributed by atoms with Gasteiger partial charge >= 0.3 is 0 Å². The maximum atomic E-state index is 11.6. The number of Topliss-reactive ketones (excluding diaryl/α,β-unsaturated/α-hetero) is 1. The zero-order valence-corrected chi connectivity index (χ0v) is 8.08. The van der Waals surface area contributed by atoms with Gasteiger partial charge in [0.15, 0.2) is 5.78 Å². The zero-order valence-electron chi connectivity index (χ0n) is 8.08. The van der Waals surface area contributed by atoms with Crippen molar-refractivity contribution < 1.29 is 4.79 Å². The summed E-state index contributed by atoms with van der Waals surface area (Å²) in [5, 5.41) is 0. The Kier molecular flexibility index (Phi) is 3.44. The Morgan fingerprint density at radius 1 is 1.31 bits per heavy atom. The molecule has 0 saturated carbocycles. The van der Waals surface area contributed by atoms with Crippen LogP contribution >= 0.6 is 0 Å². The van der Waals surface area contributed by atoms with Gasteiger partial charge in [0.1, 0.15) is 0 Å². The minimum Gasteiger partial charge on any atom is -0.294 e. The number of ketones is 1. The van der Waals surface area contributed by atoms with E-state index in [0.717, 1.165) is 11.1 Å². The third kappa shape index (κ3) is 2.86. The number of carbonyl (C=O) groups is 1. The molecule has 0 heterocycles. The molecule has 0 aliphatic rings. The van der Waals surface area contributed by atoms with Gasteiger partial charge in [-0.2, -0.15) is 0 Å². The zero-order chi connectivity index (χ0) is 9.68. The molecule has 0 aliphatic heterocycles. The number of allylic oxidation sites excluding steroid dienone is 2. The molecule has 0 radical (unpaired) electrons. The van der Waals surface area contributed by atoms with E-state index in [-0.39, 0.29) is 5.78 Å². The van der Waals surface area contributed by atoms with Crippen LogP contribution in [0.2, 0.25) is 0 Å². The first-order valence-electron chi connectivity index (χ1n) is 4.44. The summed E-state index contributed by atoms with van der Waals surface area (Å²) < 4.78 is 0. The van der Waals surface area contributed by atoms with Crippen molar-refractivity contribution in [2.45, 2.75) is 20.3 Å². The van der Waals surface area contributed by atoms with Gasteiger partial charge in [-0.15, -0.1) is 0 Å². The molecule has 0 N–H and O–H groups in total. The molecule has 13 heavy (non-hydrogen) atoms. The van der Waals surface area contributed by atoms with Crippen molar-refractivity contribution in [1.82, 2.24) is 0 Å². The van der Waals surface area contributed by atoms with Gasteiger partial charge in [0.2, 0.25) is 0 Å². The van der Waals surface area contributed by atoms with E-state index in [2.05, 4.69) is 0 Å². The molecule has 0 aliphatic carbocycles. The van der Waals surface area contributed by atoms with E-state index in [1.807, 2.05) is 50.3 Å². The van der Waals surface area contributed by atoms with Gasteiger partial charge in [-0.1, -0.05) is 42.0 Å². The van der Waals surface area contributed by atoms with Gasteiger partial charge in [-0.05, 0) is 13.8 Å². The average molecular weight is 174 g/mol. The standard InChI is InChI=1S/C12H14O/c1-3-10(2)9-12(13)11-7-5-4-6-8-11/h3-8H,9H2,1-2H3/b10-3+. The molecule has 0 fully saturated rings. The van der Waals surface area contributed by atoms with Crippen LogP contribution in [0.1, 0.15) is 30.6 Å². The van der Waals surface area contributed by atoms with Gasteiger partial charge in [0.25, 0.3) is 0 Å². The first kappa shape index (κ1) is 9.72. The molecule has 68 valence electrons. The van der Waals surface area contributed by atoms with E-state index in [0.29, 0.717) is 6.42 Å². The number of benzene rings is 1. The Hall–Kier alpha value is -1.37. The SMILES string of the molecule is C/C=C(\C)CC(=O)c1ccccc1. The summed E-state index contributed by atoms with van der Waals surface area (Å²) in [6.07, 6.45) is 2.50. The third-order valence-corrected chi connectivity index (χ3v) is 2.03. The molecule has 1 rings (SSSR count). The summed E-state index contributed by atoms with van der Waals surface area (Å²) in [6, 6.07) is 9.40. The molecule has 1 aromatic carbocycles. The van der Waals surface area contributed by atoms with Crippen molar-refractivity contribution in [3.63, 3.8) is 0 Å². The maximum Gasteiger partial charge on any atom is 0.166 e. The summed E-state index contributed by atoms with van der Waals surface area (Å²) in [5.41, 5.74) is 1.91. The van der Waals surface area contributed by atoms with Crippen molar-refractivity contribution in [3.05, 3.63) is 47.5 Å². The van der Waals surface area contributed by atoms with Crippen LogP contribution in [0.5, 0.6) is 0 Å². The number of carbonyl (C=O) groups excluding carboxylic acids is 1. The Labute approximate surface area is 79.1 Å². The summed E-state index contributed by atoms with van der Waals surface area (Å²) >= 11 is 0. The highest BCUT2D eigenvalue weighted by molar-refractivity contribution is 5.97. The van der Waals surface area contributed by atoms with Crippen LogP contribution in [0.25, 0.3) is 0 Å². The lowest BCUT2D eigenvalue weighted by molar-refractivity contribution is 0.0993. The van der Waals surface area contributed by atoms with Crippen LogP contribution in [0.3, 0.4) is 0 Å². The van der Waals surface area contributed by atoms with Crippen LogP contribution in [-0.4, -0.2) is 5.78 Å². The quantitative estimate of drug-likeness (QED) is 0.508. The van der Waals surface area contributed by atoms with E-state index in [1.54, 1.807) is 0 Å². The lowest BCUT2D eigenvalue weighted by atomic mass is 10.0. The van der Waals surface area contributed by atoms with Crippen LogP contribution in [0, 0.1) is 0 Å². The van der Waals surface area contributed by atoms with Crippen LogP contribution in [0.15, 0.2) is 42.0 Å². The molecule has 0 spiro atoms. The number of hydrogen-bond acceptors (Lipinski definition) is 1. The summed E-state index contributed by atoms with van der Waals surface area (Å²) in [4.78, 5) is 11.6. The molecule has 1 heteroatoms. The predicted octanol–water partition coefficient (Wildman–Crippen LogP) is 3.23. The second-order valence-corrected chi connectivity index (χ2v) is 3.10. The molecule has 0 unspecified atom stereocenters. The first-order valence-corrected chi connectivity index (χ1v) is 4.44. The molecule has 0 amide bonds. The first-order chi connectivity index (χ1) is 6.24. The van der Waals surface area contributed by atoms with Crippen molar-refractivity contribution >= 4 is 5.78 Å². The van der Waals surface area contributed by atoms with Crippen LogP contribution in [0.4, 0.5) is 0 Å². The fourth-order valence-electron chi connectivity index (χ4n) is 1.08. The Bertz CT molecular complexity index is 309. The van der Waals surface area contributed by atoms with Gasteiger partial charge < -0.3 is 0 Å². The fraction of sp³-hybridized carbons (Fsp3) is 0.250. The molecule has 0 bridgehead atoms. The van der Waals surface area contributed by atoms with E-state index >= 15 is 0 Å². The van der Waals surface area contributed by atoms with E-state index in [9.17, 15) is 4.79 Å². The smallest absolute Gasteiger partial charge is 0.166 e. The van der Waals surface area contributed by atoms with Gasteiger partial charge in [-0.25, -0.2) is 0 Å². The molecule has 1 nitrogen and oxygen atoms in total. The highest BCUT2D eigenvalue weighted by atomic mass is 16.1. The average Bonchev–Trinajstić information content (AvgIpc) is 2.19. The summed E-state index contributed by atoms with van der Waals surface area (Å²) in [7, 11) is 0. The lowest BCUT2D eigenvalue weighted by Crippen LogP contribution is -1.98. The minimum absolute atomic E-state index is 0.191. The highest BCUT2D eigenvalue weighted by Gasteiger charge is 2.04. The molecule has 0 atom stereocenters. The normalized spacial score (nSPS) is 11.4. The second kappa shape index (κ2) is 4.61. The topological polar surface area (TPSA) is 17.1 Å². The Balaban J connectivity index is 2.70. The monoisotopic (exact) mass is 174 g/mol. The Morgan fingerprint density at radius 2 is 1.92 bits per heavy atom. The van der Waals surface area contributed by atoms with Crippen LogP contribution in [-0.2, 0) is 0 Å². The third-order valence-electron chi connectivity index (χ3n) is 2.03. The van der Waals surface area contributed by atoms with Crippen molar-refractivity contribution in [3.8, 4) is 0 Å². The van der Waals surface area contributed by atoms with Crippen molar-refractivity contribution in [2.75, 3.05) is 0 Å². The molecular weight excluding hydrogens is 160 g/mol. The van der Waals surface area contributed by atoms with Crippen molar-refractivity contribution in [2.24, 2.45) is 0 Å². The van der Waals surface area contributed by atoms with Crippen LogP contribution < -0.4 is 0 Å². The second-order valence-electron chi connectivity index (χ2n) is 3.10. The minimum atomic E-state index is 0.191. The van der Waals surface area contributed by atoms with E-state index in [4.69, 9.17) is 0 Å². The fourth-order valence-corrected chi connectivity index (χ4v) is 1.08. The molecule has 0 saturated heterocycles. The summed E-state index contributed by atoms with van der Waals surface area (Å²) in [6.45, 7) is 3.93. The Morgan fingerprint density at radius 3 is 2.46 bits per heavy atom. The largest absolute Gasteiger partial charge is 0.294 e.